The number of ether oxygens (including phenoxy) is 1. The van der Waals surface area contributed by atoms with Gasteiger partial charge < -0.3 is 9.84 Å². The van der Waals surface area contributed by atoms with Crippen LogP contribution in [0.4, 0.5) is 13.2 Å². The lowest BCUT2D eigenvalue weighted by Gasteiger charge is -2.15. The summed E-state index contributed by atoms with van der Waals surface area (Å²) in [4.78, 5) is 10.8. The first-order valence-corrected chi connectivity index (χ1v) is 5.85. The van der Waals surface area contributed by atoms with Crippen LogP contribution in [0.1, 0.15) is 16.1 Å². The first-order chi connectivity index (χ1) is 9.74. The molecule has 2 aromatic rings. The third-order valence-corrected chi connectivity index (χ3v) is 2.87. The molecule has 0 amide bonds. The number of aromatic nitrogens is 2. The molecule has 0 radical (unpaired) electrons. The van der Waals surface area contributed by atoms with E-state index in [2.05, 4.69) is 10.2 Å². The second kappa shape index (κ2) is 5.28. The fourth-order valence-corrected chi connectivity index (χ4v) is 2.00. The number of H-pyrrole nitrogens is 1. The predicted octanol–water partition coefficient (Wildman–Crippen LogP) is 3.46. The van der Waals surface area contributed by atoms with E-state index >= 15 is 0 Å². The van der Waals surface area contributed by atoms with Gasteiger partial charge in [-0.05, 0) is 18.2 Å². The van der Waals surface area contributed by atoms with Gasteiger partial charge in [0.25, 0.3) is 0 Å². The lowest BCUT2D eigenvalue weighted by atomic mass is 10.1. The topological polar surface area (TPSA) is 75.2 Å². The standard InChI is InChI=1S/C12H8ClF3N2O3/c1-21-10-6(8-4-9(11(19)20)18-17-8)2-5(13)3-7(10)12(14,15)16/h2-4H,1H3,(H,17,18)(H,19,20). The zero-order valence-electron chi connectivity index (χ0n) is 10.5. The van der Waals surface area contributed by atoms with Crippen molar-refractivity contribution < 1.29 is 27.8 Å². The monoisotopic (exact) mass is 320 g/mol. The Labute approximate surface area is 121 Å². The average molecular weight is 321 g/mol. The Hall–Kier alpha value is -2.22. The van der Waals surface area contributed by atoms with E-state index in [4.69, 9.17) is 21.4 Å². The third kappa shape index (κ3) is 2.94. The molecule has 0 bridgehead atoms. The minimum absolute atomic E-state index is 0.0164. The van der Waals surface area contributed by atoms with Crippen molar-refractivity contribution in [3.05, 3.63) is 34.5 Å². The molecule has 1 heterocycles. The summed E-state index contributed by atoms with van der Waals surface area (Å²) in [6.07, 6.45) is -4.67. The summed E-state index contributed by atoms with van der Waals surface area (Å²) in [7, 11) is 1.08. The number of aromatic carboxylic acids is 1. The molecule has 2 N–H and O–H groups in total. The maximum absolute atomic E-state index is 13.0. The molecule has 0 spiro atoms. The molecule has 9 heteroatoms. The van der Waals surface area contributed by atoms with E-state index in [0.717, 1.165) is 19.2 Å². The summed E-state index contributed by atoms with van der Waals surface area (Å²) < 4.78 is 43.8. The van der Waals surface area contributed by atoms with Gasteiger partial charge in [0.1, 0.15) is 11.4 Å². The number of hydrogen-bond donors (Lipinski definition) is 2. The summed E-state index contributed by atoms with van der Waals surface area (Å²) in [6, 6.07) is 3.04. The Morgan fingerprint density at radius 2 is 2.05 bits per heavy atom. The molecule has 0 fully saturated rings. The Morgan fingerprint density at radius 1 is 1.38 bits per heavy atom. The molecular weight excluding hydrogens is 313 g/mol. The predicted molar refractivity (Wildman–Crippen MR) is 67.5 cm³/mol. The smallest absolute Gasteiger partial charge is 0.420 e. The van der Waals surface area contributed by atoms with Crippen LogP contribution in [-0.2, 0) is 6.18 Å². The summed E-state index contributed by atoms with van der Waals surface area (Å²) in [5.41, 5.74) is -1.40. The highest BCUT2D eigenvalue weighted by Gasteiger charge is 2.36. The maximum atomic E-state index is 13.0. The largest absolute Gasteiger partial charge is 0.495 e. The number of carboxylic acid groups (broad SMARTS) is 1. The first kappa shape index (κ1) is 15.2. The summed E-state index contributed by atoms with van der Waals surface area (Å²) in [5.74, 6) is -1.76. The number of carbonyl (C=O) groups is 1. The normalized spacial score (nSPS) is 11.5. The van der Waals surface area contributed by atoms with Crippen LogP contribution in [0.2, 0.25) is 5.02 Å². The molecular formula is C12H8ClF3N2O3. The lowest BCUT2D eigenvalue weighted by Crippen LogP contribution is -2.08. The van der Waals surface area contributed by atoms with Crippen LogP contribution >= 0.6 is 11.6 Å². The van der Waals surface area contributed by atoms with Gasteiger partial charge in [-0.1, -0.05) is 11.6 Å². The molecule has 0 atom stereocenters. The minimum Gasteiger partial charge on any atom is -0.495 e. The van der Waals surface area contributed by atoms with Crippen molar-refractivity contribution in [2.45, 2.75) is 6.18 Å². The second-order valence-electron chi connectivity index (χ2n) is 4.00. The number of alkyl halides is 3. The molecule has 2 rings (SSSR count). The lowest BCUT2D eigenvalue weighted by molar-refractivity contribution is -0.138. The van der Waals surface area contributed by atoms with E-state index in [0.29, 0.717) is 0 Å². The second-order valence-corrected chi connectivity index (χ2v) is 4.44. The van der Waals surface area contributed by atoms with Gasteiger partial charge >= 0.3 is 12.1 Å². The van der Waals surface area contributed by atoms with Crippen molar-refractivity contribution >= 4 is 17.6 Å². The molecule has 0 saturated heterocycles. The van der Waals surface area contributed by atoms with Crippen LogP contribution in [0.25, 0.3) is 11.3 Å². The van der Waals surface area contributed by atoms with Gasteiger partial charge in [0.05, 0.1) is 18.4 Å². The van der Waals surface area contributed by atoms with Crippen LogP contribution in [0.3, 0.4) is 0 Å². The molecule has 112 valence electrons. The highest BCUT2D eigenvalue weighted by molar-refractivity contribution is 6.31. The number of rotatable bonds is 3. The van der Waals surface area contributed by atoms with Gasteiger partial charge in [-0.15, -0.1) is 0 Å². The van der Waals surface area contributed by atoms with Crippen molar-refractivity contribution in [3.63, 3.8) is 0 Å². The third-order valence-electron chi connectivity index (χ3n) is 2.65. The Balaban J connectivity index is 2.67. The molecule has 0 aliphatic heterocycles. The van der Waals surface area contributed by atoms with Crippen molar-refractivity contribution in [3.8, 4) is 17.0 Å². The zero-order chi connectivity index (χ0) is 15.8. The van der Waals surface area contributed by atoms with Crippen LogP contribution in [-0.4, -0.2) is 28.4 Å². The molecule has 0 aliphatic carbocycles. The highest BCUT2D eigenvalue weighted by Crippen LogP contribution is 2.43. The SMILES string of the molecule is COc1c(-c2cc(C(=O)O)[nH]n2)cc(Cl)cc1C(F)(F)F. The molecule has 1 aromatic heterocycles. The van der Waals surface area contributed by atoms with E-state index in [1.54, 1.807) is 0 Å². The van der Waals surface area contributed by atoms with E-state index in [9.17, 15) is 18.0 Å². The van der Waals surface area contributed by atoms with Gasteiger partial charge in [0.2, 0.25) is 0 Å². The maximum Gasteiger partial charge on any atom is 0.420 e. The fourth-order valence-electron chi connectivity index (χ4n) is 1.78. The number of benzene rings is 1. The van der Waals surface area contributed by atoms with Crippen LogP contribution in [0, 0.1) is 0 Å². The number of hydrogen-bond acceptors (Lipinski definition) is 3. The zero-order valence-corrected chi connectivity index (χ0v) is 11.2. The van der Waals surface area contributed by atoms with Crippen molar-refractivity contribution in [2.24, 2.45) is 0 Å². The fraction of sp³-hybridized carbons (Fsp3) is 0.167. The van der Waals surface area contributed by atoms with Gasteiger partial charge in [-0.3, -0.25) is 5.10 Å². The molecule has 0 saturated carbocycles. The number of halogens is 4. The van der Waals surface area contributed by atoms with Crippen LogP contribution in [0.15, 0.2) is 18.2 Å². The van der Waals surface area contributed by atoms with E-state index in [1.807, 2.05) is 0 Å². The quantitative estimate of drug-likeness (QED) is 0.908. The van der Waals surface area contributed by atoms with E-state index in [-0.39, 0.29) is 22.0 Å². The van der Waals surface area contributed by atoms with E-state index in [1.165, 1.54) is 6.07 Å². The molecule has 0 unspecified atom stereocenters. The minimum atomic E-state index is -4.67. The highest BCUT2D eigenvalue weighted by atomic mass is 35.5. The van der Waals surface area contributed by atoms with Gasteiger partial charge in [-0.25, -0.2) is 4.79 Å². The Bertz CT molecular complexity index is 698. The van der Waals surface area contributed by atoms with Crippen molar-refractivity contribution in [1.29, 1.82) is 0 Å². The first-order valence-electron chi connectivity index (χ1n) is 5.48. The summed E-state index contributed by atoms with van der Waals surface area (Å²) in [5, 5.41) is 14.5. The number of aromatic amines is 1. The van der Waals surface area contributed by atoms with Gasteiger partial charge in [-0.2, -0.15) is 18.3 Å². The number of nitrogens with one attached hydrogen (secondary N) is 1. The van der Waals surface area contributed by atoms with Crippen LogP contribution < -0.4 is 4.74 Å². The van der Waals surface area contributed by atoms with E-state index < -0.39 is 23.5 Å². The van der Waals surface area contributed by atoms with Gasteiger partial charge in [0.15, 0.2) is 0 Å². The number of nitrogens with zero attached hydrogens (tertiary/aromatic N) is 1. The number of carboxylic acids is 1. The van der Waals surface area contributed by atoms with Crippen molar-refractivity contribution in [1.82, 2.24) is 10.2 Å². The van der Waals surface area contributed by atoms with Crippen LogP contribution in [0.5, 0.6) is 5.75 Å². The Morgan fingerprint density at radius 3 is 2.52 bits per heavy atom. The average Bonchev–Trinajstić information content (AvgIpc) is 2.86. The Kier molecular flexibility index (Phi) is 3.82. The molecule has 5 nitrogen and oxygen atoms in total. The molecule has 0 aliphatic rings. The summed E-state index contributed by atoms with van der Waals surface area (Å²) in [6.45, 7) is 0. The van der Waals surface area contributed by atoms with Gasteiger partial charge in [0, 0.05) is 10.6 Å². The summed E-state index contributed by atoms with van der Waals surface area (Å²) >= 11 is 5.69. The molecule has 21 heavy (non-hydrogen) atoms. The van der Waals surface area contributed by atoms with Crippen molar-refractivity contribution in [2.75, 3.05) is 7.11 Å². The molecule has 1 aromatic carbocycles. The number of methoxy groups -OCH3 is 1.